The summed E-state index contributed by atoms with van der Waals surface area (Å²) in [7, 11) is 2.92. The van der Waals surface area contributed by atoms with Crippen molar-refractivity contribution in [3.63, 3.8) is 0 Å². The molecule has 2 aromatic rings. The number of Topliss-reactive ketones (excluding diaryl/α,β-unsaturated/α-hetero) is 4. The molecular weight excluding hydrogens is 576 g/mol. The van der Waals surface area contributed by atoms with Gasteiger partial charge in [0.15, 0.2) is 34.5 Å². The lowest BCUT2D eigenvalue weighted by Gasteiger charge is -2.60. The summed E-state index contributed by atoms with van der Waals surface area (Å²) in [6.07, 6.45) is -0.649. The van der Waals surface area contributed by atoms with Crippen molar-refractivity contribution in [2.75, 3.05) is 14.1 Å². The van der Waals surface area contributed by atoms with Crippen molar-refractivity contribution in [2.45, 2.75) is 62.7 Å². The number of nitrogens with zero attached hydrogens (tertiary/aromatic N) is 2. The second-order valence-corrected chi connectivity index (χ2v) is 13.9. The van der Waals surface area contributed by atoms with E-state index in [1.54, 1.807) is 12.1 Å². The van der Waals surface area contributed by atoms with E-state index in [1.165, 1.54) is 19.0 Å². The van der Waals surface area contributed by atoms with E-state index in [0.717, 1.165) is 5.56 Å². The molecule has 2 fully saturated rings. The van der Waals surface area contributed by atoms with E-state index in [0.29, 0.717) is 16.7 Å². The zero-order valence-electron chi connectivity index (χ0n) is 25.9. The molecule has 3 aliphatic rings. The number of nitrogens with two attached hydrogens (primary N) is 4. The monoisotopic (exact) mass is 614 g/mol. The van der Waals surface area contributed by atoms with E-state index in [-0.39, 0.29) is 29.5 Å². The number of rotatable bonds is 4. The van der Waals surface area contributed by atoms with Crippen LogP contribution in [0.1, 0.15) is 54.2 Å². The summed E-state index contributed by atoms with van der Waals surface area (Å²) < 4.78 is 0. The second kappa shape index (κ2) is 10.1. The molecule has 9 N–H and O–H groups in total. The number of amides is 1. The van der Waals surface area contributed by atoms with Crippen molar-refractivity contribution in [1.29, 1.82) is 5.26 Å². The Balaban J connectivity index is 1.78. The highest BCUT2D eigenvalue weighted by molar-refractivity contribution is 6.33. The molecule has 2 saturated carbocycles. The van der Waals surface area contributed by atoms with Gasteiger partial charge in [-0.2, -0.15) is 5.26 Å². The standard InChI is InChI=1S/C33H38N6O6/c1-30(2,3)17-8-6-15(7-9-17)18-10-16(12-34)23(40)20-19(18)11-31(37)13-33(38)26(39(4)5)25(42)21(29(36)45)27(43)32(33,14-35)28(44)22(31)24(20)41/h6-10,21-22,26,40H,11-13,34,37-38H2,1-5H3,(H2,36,45)/t21?,22?,26-,31-,32+,33-/m1/s1. The van der Waals surface area contributed by atoms with E-state index in [1.807, 2.05) is 24.3 Å². The van der Waals surface area contributed by atoms with Crippen LogP contribution in [0.5, 0.6) is 5.75 Å². The van der Waals surface area contributed by atoms with Crippen LogP contribution in [0.25, 0.3) is 11.1 Å². The third-order valence-electron chi connectivity index (χ3n) is 9.95. The first kappa shape index (κ1) is 32.1. The quantitative estimate of drug-likeness (QED) is 0.292. The molecule has 2 unspecified atom stereocenters. The Bertz CT molecular complexity index is 1740. The third-order valence-corrected chi connectivity index (χ3v) is 9.95. The normalized spacial score (nSPS) is 31.2. The van der Waals surface area contributed by atoms with Crippen molar-refractivity contribution in [3.8, 4) is 22.9 Å². The molecule has 0 spiro atoms. The molecule has 0 aliphatic heterocycles. The molecule has 0 heterocycles. The predicted molar refractivity (Wildman–Crippen MR) is 163 cm³/mol. The lowest BCUT2D eigenvalue weighted by Crippen LogP contribution is -2.85. The second-order valence-electron chi connectivity index (χ2n) is 13.9. The number of likely N-dealkylation sites (N-methyl/N-ethyl adjacent to an activating group) is 1. The van der Waals surface area contributed by atoms with Crippen LogP contribution in [0, 0.1) is 28.6 Å². The van der Waals surface area contributed by atoms with Crippen LogP contribution in [0.4, 0.5) is 0 Å². The fraction of sp³-hybridized carbons (Fsp3) is 0.455. The van der Waals surface area contributed by atoms with Crippen molar-refractivity contribution < 1.29 is 29.1 Å². The first-order valence-corrected chi connectivity index (χ1v) is 14.6. The van der Waals surface area contributed by atoms with Gasteiger partial charge in [0, 0.05) is 17.6 Å². The fourth-order valence-corrected chi connectivity index (χ4v) is 7.89. The van der Waals surface area contributed by atoms with E-state index in [9.17, 15) is 34.3 Å². The summed E-state index contributed by atoms with van der Waals surface area (Å²) in [5.74, 6) is -10.1. The van der Waals surface area contributed by atoms with Crippen LogP contribution in [-0.2, 0) is 37.6 Å². The summed E-state index contributed by atoms with van der Waals surface area (Å²) in [5, 5.41) is 21.8. The van der Waals surface area contributed by atoms with Crippen molar-refractivity contribution >= 4 is 29.0 Å². The summed E-state index contributed by atoms with van der Waals surface area (Å²) in [6, 6.07) is 9.60. The summed E-state index contributed by atoms with van der Waals surface area (Å²) in [4.78, 5) is 70.2. The molecule has 0 saturated heterocycles. The molecule has 0 radical (unpaired) electrons. The topological polar surface area (TPSA) is 237 Å². The molecule has 3 aliphatic carbocycles. The number of carbonyl (C=O) groups is 5. The van der Waals surface area contributed by atoms with Crippen LogP contribution >= 0.6 is 0 Å². The molecule has 0 aromatic heterocycles. The summed E-state index contributed by atoms with van der Waals surface area (Å²) >= 11 is 0. The number of ketones is 4. The van der Waals surface area contributed by atoms with Crippen LogP contribution < -0.4 is 22.9 Å². The first-order chi connectivity index (χ1) is 20.8. The molecule has 0 bridgehead atoms. The van der Waals surface area contributed by atoms with Gasteiger partial charge in [-0.05, 0) is 60.7 Å². The molecule has 5 rings (SSSR count). The van der Waals surface area contributed by atoms with Crippen molar-refractivity contribution in [3.05, 3.63) is 52.6 Å². The van der Waals surface area contributed by atoms with Gasteiger partial charge in [0.25, 0.3) is 0 Å². The number of benzene rings is 2. The number of nitriles is 1. The Morgan fingerprint density at radius 2 is 1.69 bits per heavy atom. The number of hydrogen-bond donors (Lipinski definition) is 5. The molecular formula is C33H38N6O6. The maximum Gasteiger partial charge on any atom is 0.235 e. The third kappa shape index (κ3) is 4.15. The van der Waals surface area contributed by atoms with Gasteiger partial charge in [0.2, 0.25) is 5.91 Å². The van der Waals surface area contributed by atoms with Gasteiger partial charge in [0.1, 0.15) is 11.7 Å². The van der Waals surface area contributed by atoms with Crippen LogP contribution in [0.3, 0.4) is 0 Å². The molecule has 1 amide bonds. The number of primary amides is 1. The number of aromatic hydroxyl groups is 1. The van der Waals surface area contributed by atoms with Crippen molar-refractivity contribution in [1.82, 2.24) is 4.90 Å². The van der Waals surface area contributed by atoms with Gasteiger partial charge in [-0.15, -0.1) is 0 Å². The Hall–Kier alpha value is -4.28. The number of phenolic OH excluding ortho intramolecular Hbond substituents is 1. The smallest absolute Gasteiger partial charge is 0.235 e. The molecule has 45 heavy (non-hydrogen) atoms. The molecule has 6 atom stereocenters. The zero-order valence-corrected chi connectivity index (χ0v) is 25.9. The molecule has 2 aromatic carbocycles. The number of carbonyl (C=O) groups excluding carboxylic acids is 5. The van der Waals surface area contributed by atoms with Gasteiger partial charge in [0.05, 0.1) is 23.2 Å². The summed E-state index contributed by atoms with van der Waals surface area (Å²) in [5.41, 5.74) is 21.1. The Kier molecular flexibility index (Phi) is 7.22. The van der Waals surface area contributed by atoms with E-state index in [2.05, 4.69) is 20.8 Å². The van der Waals surface area contributed by atoms with Gasteiger partial charge >= 0.3 is 0 Å². The zero-order chi connectivity index (χ0) is 33.6. The van der Waals surface area contributed by atoms with Crippen LogP contribution in [-0.4, -0.2) is 70.3 Å². The maximum atomic E-state index is 14.6. The highest BCUT2D eigenvalue weighted by Gasteiger charge is 2.78. The van der Waals surface area contributed by atoms with E-state index >= 15 is 0 Å². The number of phenols is 1. The van der Waals surface area contributed by atoms with Crippen LogP contribution in [0.2, 0.25) is 0 Å². The minimum absolute atomic E-state index is 0.129. The van der Waals surface area contributed by atoms with Gasteiger partial charge in [-0.1, -0.05) is 45.0 Å². The SMILES string of the molecule is CN(C)[C@@H]1C(=O)C(C(N)=O)C(=O)[C@@]2(C#N)C(=O)C3C(=O)c4c(O)c(CN)cc(-c5ccc(C(C)(C)C)cc5)c4C[C@@]3(N)C[C@@]12N. The lowest BCUT2D eigenvalue weighted by atomic mass is 9.42. The molecule has 12 heteroatoms. The average Bonchev–Trinajstić information content (AvgIpc) is 2.91. The Morgan fingerprint density at radius 3 is 2.18 bits per heavy atom. The van der Waals surface area contributed by atoms with E-state index in [4.69, 9.17) is 22.9 Å². The lowest BCUT2D eigenvalue weighted by molar-refractivity contribution is -0.166. The largest absolute Gasteiger partial charge is 0.507 e. The summed E-state index contributed by atoms with van der Waals surface area (Å²) in [6.45, 7) is 6.09. The highest BCUT2D eigenvalue weighted by atomic mass is 16.3. The fourth-order valence-electron chi connectivity index (χ4n) is 7.89. The van der Waals surface area contributed by atoms with Gasteiger partial charge < -0.3 is 28.0 Å². The number of fused-ring (bicyclic) bond motifs is 3. The van der Waals surface area contributed by atoms with Gasteiger partial charge in [-0.25, -0.2) is 0 Å². The highest BCUT2D eigenvalue weighted by Crippen LogP contribution is 2.57. The minimum Gasteiger partial charge on any atom is -0.507 e. The molecule has 12 nitrogen and oxygen atoms in total. The average molecular weight is 615 g/mol. The van der Waals surface area contributed by atoms with Crippen LogP contribution in [0.15, 0.2) is 30.3 Å². The Morgan fingerprint density at radius 1 is 1.09 bits per heavy atom. The minimum atomic E-state index is -2.80. The Labute approximate surface area is 260 Å². The van der Waals surface area contributed by atoms with Crippen molar-refractivity contribution in [2.24, 2.45) is 40.2 Å². The van der Waals surface area contributed by atoms with E-state index < -0.39 is 75.6 Å². The number of hydrogen-bond acceptors (Lipinski definition) is 11. The maximum absolute atomic E-state index is 14.6. The predicted octanol–water partition coefficient (Wildman–Crippen LogP) is 0.232. The molecule has 236 valence electrons. The first-order valence-electron chi connectivity index (χ1n) is 14.6. The van der Waals surface area contributed by atoms with Gasteiger partial charge in [-0.3, -0.25) is 28.9 Å².